The third-order valence-corrected chi connectivity index (χ3v) is 2.20. The van der Waals surface area contributed by atoms with E-state index in [0.717, 1.165) is 5.57 Å². The number of ketones is 1. The zero-order valence-electron chi connectivity index (χ0n) is 6.29. The van der Waals surface area contributed by atoms with Crippen LogP contribution in [-0.2, 0) is 4.79 Å². The minimum absolute atomic E-state index is 0.00926. The maximum Gasteiger partial charge on any atom is 0.159 e. The highest BCUT2D eigenvalue weighted by Gasteiger charge is 2.29. The maximum atomic E-state index is 11.0. The fraction of sp³-hybridized carbons (Fsp3) is 0.625. The van der Waals surface area contributed by atoms with Crippen LogP contribution in [0, 0.1) is 11.8 Å². The van der Waals surface area contributed by atoms with E-state index < -0.39 is 0 Å². The van der Waals surface area contributed by atoms with Gasteiger partial charge in [0.1, 0.15) is 0 Å². The highest BCUT2D eigenvalue weighted by molar-refractivity contribution is 5.95. The summed E-state index contributed by atoms with van der Waals surface area (Å²) in [5.74, 6) is 0.217. The molecule has 0 bridgehead atoms. The molecule has 1 N–H and O–H groups in total. The molecule has 1 aliphatic rings. The fourth-order valence-electron chi connectivity index (χ4n) is 1.36. The van der Waals surface area contributed by atoms with E-state index >= 15 is 0 Å². The number of allylic oxidation sites excluding steroid dienone is 1. The van der Waals surface area contributed by atoms with Gasteiger partial charge in [0.05, 0.1) is 6.61 Å². The Bertz CT molecular complexity index is 182. The molecule has 0 saturated carbocycles. The van der Waals surface area contributed by atoms with E-state index in [2.05, 4.69) is 0 Å². The predicted octanol–water partition coefficient (Wildman–Crippen LogP) is 0.760. The number of carbonyl (C=O) groups excluding carboxylic acids is 1. The summed E-state index contributed by atoms with van der Waals surface area (Å²) in [6, 6.07) is 0. The van der Waals surface area contributed by atoms with Crippen LogP contribution in [0.1, 0.15) is 13.8 Å². The molecule has 0 aromatic rings. The number of hydrogen-bond donors (Lipinski definition) is 1. The summed E-state index contributed by atoms with van der Waals surface area (Å²) in [7, 11) is 0. The minimum Gasteiger partial charge on any atom is -0.396 e. The van der Waals surface area contributed by atoms with Crippen molar-refractivity contribution in [3.63, 3.8) is 0 Å². The number of carbonyl (C=O) groups is 1. The Hall–Kier alpha value is -0.630. The van der Waals surface area contributed by atoms with Crippen LogP contribution >= 0.6 is 0 Å². The molecule has 1 rings (SSSR count). The van der Waals surface area contributed by atoms with Gasteiger partial charge in [-0.05, 0) is 13.0 Å². The van der Waals surface area contributed by atoms with E-state index in [-0.39, 0.29) is 24.2 Å². The highest BCUT2D eigenvalue weighted by Crippen LogP contribution is 2.27. The van der Waals surface area contributed by atoms with Gasteiger partial charge < -0.3 is 5.11 Å². The van der Waals surface area contributed by atoms with Gasteiger partial charge in [0.2, 0.25) is 0 Å². The Balaban J connectivity index is 2.77. The van der Waals surface area contributed by atoms with Crippen LogP contribution in [0.15, 0.2) is 11.6 Å². The van der Waals surface area contributed by atoms with E-state index in [0.29, 0.717) is 0 Å². The number of aliphatic hydroxyl groups excluding tert-OH is 1. The van der Waals surface area contributed by atoms with E-state index in [1.807, 2.05) is 13.8 Å². The van der Waals surface area contributed by atoms with Gasteiger partial charge in [-0.2, -0.15) is 0 Å². The van der Waals surface area contributed by atoms with Crippen molar-refractivity contribution in [3.05, 3.63) is 11.6 Å². The van der Waals surface area contributed by atoms with E-state index in [9.17, 15) is 4.79 Å². The van der Waals surface area contributed by atoms with Crippen molar-refractivity contribution in [1.82, 2.24) is 0 Å². The highest BCUT2D eigenvalue weighted by atomic mass is 16.3. The van der Waals surface area contributed by atoms with E-state index in [4.69, 9.17) is 5.11 Å². The first-order valence-corrected chi connectivity index (χ1v) is 3.49. The lowest BCUT2D eigenvalue weighted by molar-refractivity contribution is -0.118. The maximum absolute atomic E-state index is 11.0. The third-order valence-electron chi connectivity index (χ3n) is 2.20. The Labute approximate surface area is 60.6 Å². The number of rotatable bonds is 1. The Kier molecular flexibility index (Phi) is 1.90. The lowest BCUT2D eigenvalue weighted by atomic mass is 9.94. The smallest absolute Gasteiger partial charge is 0.159 e. The van der Waals surface area contributed by atoms with Gasteiger partial charge in [0, 0.05) is 11.8 Å². The van der Waals surface area contributed by atoms with Gasteiger partial charge >= 0.3 is 0 Å². The molecule has 0 fully saturated rings. The monoisotopic (exact) mass is 140 g/mol. The van der Waals surface area contributed by atoms with Crippen molar-refractivity contribution < 1.29 is 9.90 Å². The Morgan fingerprint density at radius 1 is 1.70 bits per heavy atom. The molecule has 0 saturated heterocycles. The van der Waals surface area contributed by atoms with Crippen LogP contribution in [-0.4, -0.2) is 17.5 Å². The van der Waals surface area contributed by atoms with Gasteiger partial charge in [0.15, 0.2) is 5.78 Å². The van der Waals surface area contributed by atoms with Crippen molar-refractivity contribution in [1.29, 1.82) is 0 Å². The molecule has 0 amide bonds. The predicted molar refractivity (Wildman–Crippen MR) is 38.5 cm³/mol. The van der Waals surface area contributed by atoms with Gasteiger partial charge in [-0.15, -0.1) is 0 Å². The molecule has 0 aliphatic heterocycles. The second kappa shape index (κ2) is 2.54. The quantitative estimate of drug-likeness (QED) is 0.583. The zero-order chi connectivity index (χ0) is 7.72. The van der Waals surface area contributed by atoms with Gasteiger partial charge in [0.25, 0.3) is 0 Å². The lowest BCUT2D eigenvalue weighted by Crippen LogP contribution is -2.16. The molecule has 1 aliphatic carbocycles. The van der Waals surface area contributed by atoms with E-state index in [1.165, 1.54) is 0 Å². The summed E-state index contributed by atoms with van der Waals surface area (Å²) in [6.45, 7) is 3.84. The molecule has 2 atom stereocenters. The Morgan fingerprint density at radius 3 is 2.50 bits per heavy atom. The average Bonchev–Trinajstić information content (AvgIpc) is 2.09. The first-order valence-electron chi connectivity index (χ1n) is 3.49. The Morgan fingerprint density at radius 2 is 2.30 bits per heavy atom. The van der Waals surface area contributed by atoms with Crippen molar-refractivity contribution in [2.75, 3.05) is 6.61 Å². The second-order valence-electron chi connectivity index (χ2n) is 2.87. The van der Waals surface area contributed by atoms with Crippen molar-refractivity contribution in [2.24, 2.45) is 11.8 Å². The summed E-state index contributed by atoms with van der Waals surface area (Å²) < 4.78 is 0. The number of aliphatic hydroxyl groups is 1. The van der Waals surface area contributed by atoms with Crippen LogP contribution in [0.4, 0.5) is 0 Å². The number of hydrogen-bond acceptors (Lipinski definition) is 2. The molecular formula is C8H12O2. The van der Waals surface area contributed by atoms with Crippen LogP contribution in [0.25, 0.3) is 0 Å². The fourth-order valence-corrected chi connectivity index (χ4v) is 1.36. The van der Waals surface area contributed by atoms with Crippen molar-refractivity contribution >= 4 is 5.78 Å². The minimum atomic E-state index is -0.00926. The summed E-state index contributed by atoms with van der Waals surface area (Å²) in [6.07, 6.45) is 1.63. The molecule has 0 aromatic heterocycles. The second-order valence-corrected chi connectivity index (χ2v) is 2.87. The molecule has 56 valence electrons. The summed E-state index contributed by atoms with van der Waals surface area (Å²) in [5, 5.41) is 8.83. The molecule has 0 aromatic carbocycles. The molecule has 0 heterocycles. The normalized spacial score (nSPS) is 32.7. The SMILES string of the molecule is CC1=CC(=O)C(C)C1CO. The topological polar surface area (TPSA) is 37.3 Å². The summed E-state index contributed by atoms with van der Waals surface area (Å²) >= 11 is 0. The van der Waals surface area contributed by atoms with Crippen molar-refractivity contribution in [2.45, 2.75) is 13.8 Å². The molecular weight excluding hydrogens is 128 g/mol. The zero-order valence-corrected chi connectivity index (χ0v) is 6.29. The van der Waals surface area contributed by atoms with Gasteiger partial charge in [-0.3, -0.25) is 4.79 Å². The van der Waals surface area contributed by atoms with Crippen LogP contribution < -0.4 is 0 Å². The largest absolute Gasteiger partial charge is 0.396 e. The first kappa shape index (κ1) is 7.48. The molecule has 10 heavy (non-hydrogen) atoms. The first-order chi connectivity index (χ1) is 4.66. The van der Waals surface area contributed by atoms with Gasteiger partial charge in [-0.1, -0.05) is 12.5 Å². The lowest BCUT2D eigenvalue weighted by Gasteiger charge is -2.12. The van der Waals surface area contributed by atoms with Crippen LogP contribution in [0.5, 0.6) is 0 Å². The molecule has 2 unspecified atom stereocenters. The standard InChI is InChI=1S/C8H12O2/c1-5-3-8(10)6(2)7(5)4-9/h3,6-7,9H,4H2,1-2H3. The third kappa shape index (κ3) is 0.991. The summed E-state index contributed by atoms with van der Waals surface area (Å²) in [4.78, 5) is 11.0. The molecule has 2 heteroatoms. The van der Waals surface area contributed by atoms with Crippen LogP contribution in [0.3, 0.4) is 0 Å². The average molecular weight is 140 g/mol. The summed E-state index contributed by atoms with van der Waals surface area (Å²) in [5.41, 5.74) is 1.01. The van der Waals surface area contributed by atoms with E-state index in [1.54, 1.807) is 6.08 Å². The van der Waals surface area contributed by atoms with Gasteiger partial charge in [-0.25, -0.2) is 0 Å². The molecule has 0 radical (unpaired) electrons. The molecule has 2 nitrogen and oxygen atoms in total. The van der Waals surface area contributed by atoms with Crippen molar-refractivity contribution in [3.8, 4) is 0 Å². The molecule has 0 spiro atoms. The van der Waals surface area contributed by atoms with Crippen LogP contribution in [0.2, 0.25) is 0 Å².